The van der Waals surface area contributed by atoms with Crippen molar-refractivity contribution in [3.8, 4) is 0 Å². The van der Waals surface area contributed by atoms with Crippen LogP contribution >= 0.6 is 0 Å². The van der Waals surface area contributed by atoms with Gasteiger partial charge in [-0.2, -0.15) is 0 Å². The van der Waals surface area contributed by atoms with Crippen molar-refractivity contribution in [2.75, 3.05) is 10.8 Å². The van der Waals surface area contributed by atoms with Crippen LogP contribution in [0.2, 0.25) is 0 Å². The largest absolute Gasteiger partial charge is 0.350 e. The van der Waals surface area contributed by atoms with E-state index in [1.807, 2.05) is 51.1 Å². The van der Waals surface area contributed by atoms with E-state index in [0.29, 0.717) is 6.42 Å². The minimum Gasteiger partial charge on any atom is -0.350 e. The lowest BCUT2D eigenvalue weighted by molar-refractivity contribution is -0.141. The Morgan fingerprint density at radius 2 is 1.45 bits per heavy atom. The monoisotopic (exact) mass is 539 g/mol. The van der Waals surface area contributed by atoms with Crippen LogP contribution in [0.25, 0.3) is 0 Å². The molecule has 202 valence electrons. The smallest absolute Gasteiger partial charge is 0.264 e. The molecule has 0 fully saturated rings. The molecule has 0 saturated heterocycles. The Bertz CT molecular complexity index is 1340. The first kappa shape index (κ1) is 28.8. The maximum Gasteiger partial charge on any atom is 0.264 e. The van der Waals surface area contributed by atoms with Gasteiger partial charge in [0, 0.05) is 12.1 Å². The molecule has 0 radical (unpaired) electrons. The lowest BCUT2D eigenvalue weighted by Crippen LogP contribution is -2.55. The van der Waals surface area contributed by atoms with E-state index in [9.17, 15) is 22.4 Å². The van der Waals surface area contributed by atoms with Gasteiger partial charge in [-0.15, -0.1) is 0 Å². The summed E-state index contributed by atoms with van der Waals surface area (Å²) >= 11 is 0. The topological polar surface area (TPSA) is 86.8 Å². The first-order chi connectivity index (χ1) is 17.9. The SMILES string of the molecule is CC[C@H](C(=O)NC(C)(C)C)N(Cc1ccccc1)C(=O)CN(c1ccccc1F)S(=O)(=O)c1ccccc1. The third-order valence-corrected chi connectivity index (χ3v) is 7.59. The third-order valence-electron chi connectivity index (χ3n) is 5.81. The molecule has 0 unspecified atom stereocenters. The van der Waals surface area contributed by atoms with E-state index < -0.39 is 39.9 Å². The number of carbonyl (C=O) groups is 2. The van der Waals surface area contributed by atoms with Crippen LogP contribution in [-0.2, 0) is 26.2 Å². The Balaban J connectivity index is 2.06. The van der Waals surface area contributed by atoms with E-state index in [4.69, 9.17) is 0 Å². The second-order valence-corrected chi connectivity index (χ2v) is 11.8. The normalized spacial score (nSPS) is 12.4. The van der Waals surface area contributed by atoms with Crippen LogP contribution in [0, 0.1) is 5.82 Å². The van der Waals surface area contributed by atoms with Gasteiger partial charge in [0.05, 0.1) is 10.6 Å². The van der Waals surface area contributed by atoms with Crippen molar-refractivity contribution in [1.82, 2.24) is 10.2 Å². The van der Waals surface area contributed by atoms with Crippen molar-refractivity contribution in [2.45, 2.75) is 57.1 Å². The van der Waals surface area contributed by atoms with Crippen LogP contribution in [0.4, 0.5) is 10.1 Å². The molecule has 1 N–H and O–H groups in total. The highest BCUT2D eigenvalue weighted by molar-refractivity contribution is 7.92. The molecule has 0 aliphatic heterocycles. The summed E-state index contributed by atoms with van der Waals surface area (Å²) < 4.78 is 43.0. The maximum atomic E-state index is 14.9. The molecule has 2 amide bonds. The fraction of sp³-hybridized carbons (Fsp3) is 0.310. The van der Waals surface area contributed by atoms with Gasteiger partial charge in [0.15, 0.2) is 0 Å². The third kappa shape index (κ3) is 7.19. The minimum absolute atomic E-state index is 0.0756. The van der Waals surface area contributed by atoms with Gasteiger partial charge < -0.3 is 10.2 Å². The van der Waals surface area contributed by atoms with Crippen LogP contribution in [0.15, 0.2) is 89.8 Å². The molecule has 3 rings (SSSR count). The number of para-hydroxylation sites is 1. The summed E-state index contributed by atoms with van der Waals surface area (Å²) in [6, 6.07) is 21.2. The quantitative estimate of drug-likeness (QED) is 0.403. The van der Waals surface area contributed by atoms with Crippen LogP contribution in [-0.4, -0.2) is 43.3 Å². The number of carbonyl (C=O) groups excluding carboxylic acids is 2. The number of sulfonamides is 1. The number of benzene rings is 3. The predicted octanol–water partition coefficient (Wildman–Crippen LogP) is 4.74. The Kier molecular flexibility index (Phi) is 9.27. The van der Waals surface area contributed by atoms with E-state index in [1.165, 1.54) is 35.2 Å². The van der Waals surface area contributed by atoms with Gasteiger partial charge in [0.25, 0.3) is 10.0 Å². The highest BCUT2D eigenvalue weighted by Gasteiger charge is 2.35. The molecule has 0 spiro atoms. The van der Waals surface area contributed by atoms with E-state index in [2.05, 4.69) is 5.32 Å². The van der Waals surface area contributed by atoms with E-state index in [-0.39, 0.29) is 23.0 Å². The van der Waals surface area contributed by atoms with E-state index in [0.717, 1.165) is 15.9 Å². The Morgan fingerprint density at radius 1 is 0.895 bits per heavy atom. The summed E-state index contributed by atoms with van der Waals surface area (Å²) in [4.78, 5) is 28.5. The molecule has 0 bridgehead atoms. The standard InChI is InChI=1S/C29H34FN3O4S/c1-5-25(28(35)31-29(2,3)4)32(20-22-14-8-6-9-15-22)27(34)21-33(26-19-13-12-18-24(26)30)38(36,37)23-16-10-7-11-17-23/h6-19,25H,5,20-21H2,1-4H3,(H,31,35)/t25-/m1/s1. The number of rotatable bonds is 10. The summed E-state index contributed by atoms with van der Waals surface area (Å²) in [5.41, 5.74) is -0.0234. The predicted molar refractivity (Wildman–Crippen MR) is 146 cm³/mol. The highest BCUT2D eigenvalue weighted by Crippen LogP contribution is 2.27. The van der Waals surface area contributed by atoms with E-state index in [1.54, 1.807) is 25.1 Å². The van der Waals surface area contributed by atoms with Crippen molar-refractivity contribution in [1.29, 1.82) is 0 Å². The lowest BCUT2D eigenvalue weighted by Gasteiger charge is -2.34. The molecule has 7 nitrogen and oxygen atoms in total. The fourth-order valence-corrected chi connectivity index (χ4v) is 5.48. The first-order valence-electron chi connectivity index (χ1n) is 12.4. The second kappa shape index (κ2) is 12.2. The summed E-state index contributed by atoms with van der Waals surface area (Å²) in [6.07, 6.45) is 0.297. The molecule has 0 aliphatic carbocycles. The highest BCUT2D eigenvalue weighted by atomic mass is 32.2. The van der Waals surface area contributed by atoms with Gasteiger partial charge in [-0.05, 0) is 57.0 Å². The number of anilines is 1. The average Bonchev–Trinajstić information content (AvgIpc) is 2.87. The molecule has 1 atom stereocenters. The van der Waals surface area contributed by atoms with Crippen molar-refractivity contribution in [2.24, 2.45) is 0 Å². The summed E-state index contributed by atoms with van der Waals surface area (Å²) in [6.45, 7) is 6.69. The molecule has 0 aromatic heterocycles. The molecule has 0 heterocycles. The molecule has 9 heteroatoms. The van der Waals surface area contributed by atoms with Crippen LogP contribution < -0.4 is 9.62 Å². The summed E-state index contributed by atoms with van der Waals surface area (Å²) in [5.74, 6) is -1.77. The van der Waals surface area contributed by atoms with Gasteiger partial charge in [-0.1, -0.05) is 67.6 Å². The number of hydrogen-bond acceptors (Lipinski definition) is 4. The zero-order valence-electron chi connectivity index (χ0n) is 22.1. The Morgan fingerprint density at radius 3 is 2.00 bits per heavy atom. The second-order valence-electron chi connectivity index (χ2n) is 9.95. The lowest BCUT2D eigenvalue weighted by atomic mass is 10.1. The first-order valence-corrected chi connectivity index (χ1v) is 13.9. The minimum atomic E-state index is -4.31. The van der Waals surface area contributed by atoms with Crippen molar-refractivity contribution in [3.63, 3.8) is 0 Å². The van der Waals surface area contributed by atoms with Crippen LogP contribution in [0.1, 0.15) is 39.7 Å². The Labute approximate surface area is 224 Å². The molecule has 0 aliphatic rings. The number of halogens is 1. The van der Waals surface area contributed by atoms with Gasteiger partial charge in [0.2, 0.25) is 11.8 Å². The molecular formula is C29H34FN3O4S. The Hall–Kier alpha value is -3.72. The van der Waals surface area contributed by atoms with E-state index >= 15 is 0 Å². The number of nitrogens with one attached hydrogen (secondary N) is 1. The van der Waals surface area contributed by atoms with Gasteiger partial charge in [0.1, 0.15) is 18.4 Å². The summed E-state index contributed by atoms with van der Waals surface area (Å²) in [7, 11) is -4.31. The van der Waals surface area contributed by atoms with Gasteiger partial charge in [-0.3, -0.25) is 13.9 Å². The molecule has 3 aromatic rings. The van der Waals surface area contributed by atoms with Crippen molar-refractivity contribution < 1.29 is 22.4 Å². The van der Waals surface area contributed by atoms with Crippen molar-refractivity contribution in [3.05, 3.63) is 96.3 Å². The van der Waals surface area contributed by atoms with Crippen LogP contribution in [0.5, 0.6) is 0 Å². The molecule has 38 heavy (non-hydrogen) atoms. The zero-order valence-corrected chi connectivity index (χ0v) is 22.9. The summed E-state index contributed by atoms with van der Waals surface area (Å²) in [5, 5.41) is 2.92. The van der Waals surface area contributed by atoms with Gasteiger partial charge in [-0.25, -0.2) is 12.8 Å². The molecule has 3 aromatic carbocycles. The van der Waals surface area contributed by atoms with Crippen LogP contribution in [0.3, 0.4) is 0 Å². The molecular weight excluding hydrogens is 505 g/mol. The maximum absolute atomic E-state index is 14.9. The van der Waals surface area contributed by atoms with Crippen molar-refractivity contribution >= 4 is 27.5 Å². The number of amides is 2. The fourth-order valence-electron chi connectivity index (χ4n) is 4.04. The number of nitrogens with zero attached hydrogens (tertiary/aromatic N) is 2. The zero-order chi connectivity index (χ0) is 27.9. The average molecular weight is 540 g/mol. The molecule has 0 saturated carbocycles. The van der Waals surface area contributed by atoms with Gasteiger partial charge >= 0.3 is 0 Å². The number of hydrogen-bond donors (Lipinski definition) is 1.